The Morgan fingerprint density at radius 1 is 1.64 bits per heavy atom. The average Bonchev–Trinajstić information content (AvgIpc) is 2.20. The molecule has 0 aliphatic carbocycles. The average molecular weight is 211 g/mol. The minimum atomic E-state index is 0.825. The Morgan fingerprint density at radius 2 is 2.43 bits per heavy atom. The molecule has 0 spiro atoms. The molecule has 1 aromatic rings. The first-order valence-corrected chi connectivity index (χ1v) is 5.03. The maximum Gasteiger partial charge on any atom is 0.0300 e. The van der Waals surface area contributed by atoms with Crippen molar-refractivity contribution < 1.29 is 0 Å². The van der Waals surface area contributed by atoms with Gasteiger partial charge < -0.3 is 5.32 Å². The van der Waals surface area contributed by atoms with Gasteiger partial charge >= 0.3 is 0 Å². The molecule has 0 aromatic carbocycles. The van der Waals surface area contributed by atoms with Crippen molar-refractivity contribution in [3.63, 3.8) is 0 Å². The Labute approximate surface area is 90.0 Å². The van der Waals surface area contributed by atoms with Crippen LogP contribution in [0.1, 0.15) is 18.1 Å². The zero-order valence-electron chi connectivity index (χ0n) is 8.55. The van der Waals surface area contributed by atoms with E-state index in [2.05, 4.69) is 17.2 Å². The fourth-order valence-corrected chi connectivity index (χ4v) is 1.21. The smallest absolute Gasteiger partial charge is 0.0300 e. The molecule has 0 unspecified atom stereocenters. The molecule has 1 aromatic heterocycles. The summed E-state index contributed by atoms with van der Waals surface area (Å²) >= 11 is 5.55. The summed E-state index contributed by atoms with van der Waals surface area (Å²) in [6.45, 7) is 5.75. The van der Waals surface area contributed by atoms with Gasteiger partial charge in [0.25, 0.3) is 0 Å². The minimum absolute atomic E-state index is 0.825. The number of aromatic nitrogens is 1. The molecule has 76 valence electrons. The summed E-state index contributed by atoms with van der Waals surface area (Å²) in [5, 5.41) is 3.31. The van der Waals surface area contributed by atoms with Gasteiger partial charge in [-0.3, -0.25) is 4.98 Å². The number of aryl methyl sites for hydroxylation is 1. The van der Waals surface area contributed by atoms with E-state index in [0.29, 0.717) is 0 Å². The molecule has 14 heavy (non-hydrogen) atoms. The van der Waals surface area contributed by atoms with Crippen molar-refractivity contribution in [1.82, 2.24) is 10.3 Å². The lowest BCUT2D eigenvalue weighted by atomic mass is 10.1. The Kier molecular flexibility index (Phi) is 4.63. The number of rotatable bonds is 4. The van der Waals surface area contributed by atoms with Gasteiger partial charge in [-0.1, -0.05) is 11.6 Å². The molecule has 0 atom stereocenters. The maximum atomic E-state index is 5.55. The first kappa shape index (κ1) is 11.2. The van der Waals surface area contributed by atoms with Crippen molar-refractivity contribution in [3.05, 3.63) is 40.7 Å². The molecule has 2 nitrogen and oxygen atoms in total. The highest BCUT2D eigenvalue weighted by atomic mass is 35.5. The second kappa shape index (κ2) is 5.78. The zero-order chi connectivity index (χ0) is 10.4. The van der Waals surface area contributed by atoms with Gasteiger partial charge in [-0.25, -0.2) is 0 Å². The van der Waals surface area contributed by atoms with Gasteiger partial charge in [-0.2, -0.15) is 0 Å². The van der Waals surface area contributed by atoms with Gasteiger partial charge in [0.15, 0.2) is 0 Å². The fourth-order valence-electron chi connectivity index (χ4n) is 1.13. The molecule has 0 radical (unpaired) electrons. The molecule has 1 rings (SSSR count). The SMILES string of the molecule is C/C(=C/Cl)CNCc1ccncc1C. The van der Waals surface area contributed by atoms with Gasteiger partial charge in [-0.15, -0.1) is 0 Å². The molecule has 1 N–H and O–H groups in total. The third kappa shape index (κ3) is 3.48. The van der Waals surface area contributed by atoms with Gasteiger partial charge in [0, 0.05) is 31.0 Å². The molecule has 0 saturated carbocycles. The van der Waals surface area contributed by atoms with E-state index in [0.717, 1.165) is 18.7 Å². The van der Waals surface area contributed by atoms with E-state index in [1.54, 1.807) is 5.54 Å². The quantitative estimate of drug-likeness (QED) is 0.827. The largest absolute Gasteiger partial charge is 0.309 e. The molecule has 0 amide bonds. The van der Waals surface area contributed by atoms with Gasteiger partial charge in [-0.05, 0) is 36.6 Å². The molecule has 0 fully saturated rings. The first-order chi connectivity index (χ1) is 6.74. The van der Waals surface area contributed by atoms with E-state index in [-0.39, 0.29) is 0 Å². The molecule has 0 aliphatic rings. The number of halogens is 1. The second-order valence-corrected chi connectivity index (χ2v) is 3.58. The maximum absolute atomic E-state index is 5.55. The number of hydrogen-bond acceptors (Lipinski definition) is 2. The van der Waals surface area contributed by atoms with Crippen LogP contribution < -0.4 is 5.32 Å². The normalized spacial score (nSPS) is 11.8. The summed E-state index contributed by atoms with van der Waals surface area (Å²) in [4.78, 5) is 4.04. The number of hydrogen-bond donors (Lipinski definition) is 1. The van der Waals surface area contributed by atoms with Crippen molar-refractivity contribution in [3.8, 4) is 0 Å². The third-order valence-electron chi connectivity index (χ3n) is 2.04. The van der Waals surface area contributed by atoms with Crippen LogP contribution in [-0.4, -0.2) is 11.5 Å². The fraction of sp³-hybridized carbons (Fsp3) is 0.364. The summed E-state index contributed by atoms with van der Waals surface area (Å²) in [7, 11) is 0. The van der Waals surface area contributed by atoms with E-state index >= 15 is 0 Å². The Balaban J connectivity index is 2.43. The second-order valence-electron chi connectivity index (χ2n) is 3.36. The van der Waals surface area contributed by atoms with Crippen LogP contribution in [0.15, 0.2) is 29.6 Å². The summed E-state index contributed by atoms with van der Waals surface area (Å²) in [6.07, 6.45) is 3.69. The van der Waals surface area contributed by atoms with E-state index in [9.17, 15) is 0 Å². The highest BCUT2D eigenvalue weighted by Crippen LogP contribution is 2.04. The number of nitrogens with one attached hydrogen (secondary N) is 1. The molecule has 3 heteroatoms. The summed E-state index contributed by atoms with van der Waals surface area (Å²) in [5.41, 5.74) is 5.24. The Morgan fingerprint density at radius 3 is 3.07 bits per heavy atom. The number of pyridine rings is 1. The summed E-state index contributed by atoms with van der Waals surface area (Å²) in [6, 6.07) is 2.03. The van der Waals surface area contributed by atoms with Crippen molar-refractivity contribution in [2.45, 2.75) is 20.4 Å². The molecule has 0 aliphatic heterocycles. The molecule has 0 saturated heterocycles. The van der Waals surface area contributed by atoms with Crippen LogP contribution in [-0.2, 0) is 6.54 Å². The molecular formula is C11H15ClN2. The Bertz CT molecular complexity index is 321. The summed E-state index contributed by atoms with van der Waals surface area (Å²) in [5.74, 6) is 0. The van der Waals surface area contributed by atoms with Crippen molar-refractivity contribution in [2.75, 3.05) is 6.54 Å². The zero-order valence-corrected chi connectivity index (χ0v) is 9.30. The van der Waals surface area contributed by atoms with E-state index < -0.39 is 0 Å². The topological polar surface area (TPSA) is 24.9 Å². The van der Waals surface area contributed by atoms with Crippen molar-refractivity contribution in [1.29, 1.82) is 0 Å². The lowest BCUT2D eigenvalue weighted by molar-refractivity contribution is 0.735. The standard InChI is InChI=1S/C11H15ClN2/c1-9(5-12)6-14-8-11-3-4-13-7-10(11)2/h3-5,7,14H,6,8H2,1-2H3/b9-5-. The van der Waals surface area contributed by atoms with E-state index in [1.807, 2.05) is 25.4 Å². The van der Waals surface area contributed by atoms with Crippen LogP contribution in [0.25, 0.3) is 0 Å². The molecule has 0 bridgehead atoms. The number of nitrogens with zero attached hydrogens (tertiary/aromatic N) is 1. The van der Waals surface area contributed by atoms with Crippen molar-refractivity contribution >= 4 is 11.6 Å². The van der Waals surface area contributed by atoms with Gasteiger partial charge in [0.05, 0.1) is 0 Å². The Hall–Kier alpha value is -0.860. The molecular weight excluding hydrogens is 196 g/mol. The predicted octanol–water partition coefficient (Wildman–Crippen LogP) is 2.62. The van der Waals surface area contributed by atoms with Crippen LogP contribution in [0.3, 0.4) is 0 Å². The van der Waals surface area contributed by atoms with Gasteiger partial charge in [0.1, 0.15) is 0 Å². The minimum Gasteiger partial charge on any atom is -0.309 e. The predicted molar refractivity (Wildman–Crippen MR) is 60.3 cm³/mol. The van der Waals surface area contributed by atoms with Crippen LogP contribution in [0.2, 0.25) is 0 Å². The third-order valence-corrected chi connectivity index (χ3v) is 2.41. The lowest BCUT2D eigenvalue weighted by Crippen LogP contribution is -2.16. The van der Waals surface area contributed by atoms with Crippen molar-refractivity contribution in [2.24, 2.45) is 0 Å². The van der Waals surface area contributed by atoms with E-state index in [1.165, 1.54) is 11.1 Å². The highest BCUT2D eigenvalue weighted by molar-refractivity contribution is 6.25. The first-order valence-electron chi connectivity index (χ1n) is 4.60. The van der Waals surface area contributed by atoms with Crippen LogP contribution >= 0.6 is 11.6 Å². The van der Waals surface area contributed by atoms with Crippen LogP contribution in [0, 0.1) is 6.92 Å². The monoisotopic (exact) mass is 210 g/mol. The lowest BCUT2D eigenvalue weighted by Gasteiger charge is -2.06. The highest BCUT2D eigenvalue weighted by Gasteiger charge is 1.96. The van der Waals surface area contributed by atoms with Crippen LogP contribution in [0.4, 0.5) is 0 Å². The van der Waals surface area contributed by atoms with Crippen LogP contribution in [0.5, 0.6) is 0 Å². The summed E-state index contributed by atoms with van der Waals surface area (Å²) < 4.78 is 0. The molecule has 1 heterocycles. The van der Waals surface area contributed by atoms with E-state index in [4.69, 9.17) is 11.6 Å². The van der Waals surface area contributed by atoms with Gasteiger partial charge in [0.2, 0.25) is 0 Å².